The molecule has 0 radical (unpaired) electrons. The minimum absolute atomic E-state index is 0.553. The predicted molar refractivity (Wildman–Crippen MR) is 91.3 cm³/mol. The van der Waals surface area contributed by atoms with Crippen LogP contribution in [0.1, 0.15) is 57.1 Å². The van der Waals surface area contributed by atoms with Gasteiger partial charge in [-0.05, 0) is 54.7 Å². The monoisotopic (exact) mass is 288 g/mol. The van der Waals surface area contributed by atoms with Crippen LogP contribution in [0, 0.1) is 11.3 Å². The van der Waals surface area contributed by atoms with Crippen molar-refractivity contribution in [1.82, 2.24) is 5.32 Å². The smallest absolute Gasteiger partial charge is 0.0208 e. The van der Waals surface area contributed by atoms with Crippen molar-refractivity contribution < 1.29 is 0 Å². The van der Waals surface area contributed by atoms with Crippen molar-refractivity contribution in [1.29, 1.82) is 0 Å². The summed E-state index contributed by atoms with van der Waals surface area (Å²) in [5, 5.41) is 3.75. The Morgan fingerprint density at radius 3 is 2.43 bits per heavy atom. The van der Waals surface area contributed by atoms with Crippen molar-refractivity contribution in [2.24, 2.45) is 17.1 Å². The van der Waals surface area contributed by atoms with E-state index in [1.54, 1.807) is 0 Å². The molecule has 0 bridgehead atoms. The Morgan fingerprint density at radius 1 is 1.14 bits per heavy atom. The molecule has 1 saturated carbocycles. The fourth-order valence-electron chi connectivity index (χ4n) is 4.04. The minimum Gasteiger partial charge on any atom is -0.330 e. The quantitative estimate of drug-likeness (QED) is 0.762. The molecule has 1 aliphatic carbocycles. The van der Waals surface area contributed by atoms with Crippen molar-refractivity contribution in [3.8, 4) is 0 Å². The molecule has 0 aromatic heterocycles. The van der Waals surface area contributed by atoms with Crippen molar-refractivity contribution in [3.05, 3.63) is 35.4 Å². The first kappa shape index (κ1) is 16.5. The molecule has 0 heterocycles. The van der Waals surface area contributed by atoms with E-state index < -0.39 is 0 Å². The van der Waals surface area contributed by atoms with Crippen LogP contribution in [-0.4, -0.2) is 13.1 Å². The molecule has 21 heavy (non-hydrogen) atoms. The third kappa shape index (κ3) is 4.82. The van der Waals surface area contributed by atoms with Crippen LogP contribution in [0.3, 0.4) is 0 Å². The van der Waals surface area contributed by atoms with E-state index in [1.165, 1.54) is 49.8 Å². The lowest BCUT2D eigenvalue weighted by molar-refractivity contribution is 0.223. The first-order valence-electron chi connectivity index (χ1n) is 8.63. The minimum atomic E-state index is 0.553. The molecule has 0 amide bonds. The SMILES string of the molecule is CC(C)CC1(CNCc2ccccc2CCN)CCCC1. The molecule has 2 heteroatoms. The highest BCUT2D eigenvalue weighted by Crippen LogP contribution is 2.42. The van der Waals surface area contributed by atoms with E-state index in [0.717, 1.165) is 25.4 Å². The third-order valence-electron chi connectivity index (χ3n) is 4.85. The molecule has 0 saturated heterocycles. The number of hydrogen-bond donors (Lipinski definition) is 2. The van der Waals surface area contributed by atoms with Crippen molar-refractivity contribution in [2.45, 2.75) is 58.9 Å². The Balaban J connectivity index is 1.90. The van der Waals surface area contributed by atoms with Gasteiger partial charge in [0, 0.05) is 13.1 Å². The molecule has 0 aliphatic heterocycles. The third-order valence-corrected chi connectivity index (χ3v) is 4.85. The van der Waals surface area contributed by atoms with E-state index in [-0.39, 0.29) is 0 Å². The standard InChI is InChI=1S/C19H32N2/c1-16(2)13-19(10-5-6-11-19)15-21-14-18-8-4-3-7-17(18)9-12-20/h3-4,7-8,16,21H,5-6,9-15,20H2,1-2H3. The first-order chi connectivity index (χ1) is 10.2. The highest BCUT2D eigenvalue weighted by atomic mass is 14.9. The lowest BCUT2D eigenvalue weighted by Crippen LogP contribution is -2.33. The lowest BCUT2D eigenvalue weighted by Gasteiger charge is -2.31. The predicted octanol–water partition coefficient (Wildman–Crippen LogP) is 3.88. The zero-order valence-electron chi connectivity index (χ0n) is 13.8. The maximum atomic E-state index is 5.71. The molecule has 0 atom stereocenters. The number of benzene rings is 1. The van der Waals surface area contributed by atoms with Crippen LogP contribution < -0.4 is 11.1 Å². The Bertz CT molecular complexity index is 419. The van der Waals surface area contributed by atoms with Crippen molar-refractivity contribution in [2.75, 3.05) is 13.1 Å². The van der Waals surface area contributed by atoms with Gasteiger partial charge in [-0.3, -0.25) is 0 Å². The summed E-state index contributed by atoms with van der Waals surface area (Å²) in [6, 6.07) is 8.70. The molecule has 1 aromatic rings. The van der Waals surface area contributed by atoms with Crippen molar-refractivity contribution in [3.63, 3.8) is 0 Å². The van der Waals surface area contributed by atoms with E-state index >= 15 is 0 Å². The van der Waals surface area contributed by atoms with Crippen LogP contribution in [-0.2, 0) is 13.0 Å². The summed E-state index contributed by atoms with van der Waals surface area (Å²) in [5.41, 5.74) is 9.08. The summed E-state index contributed by atoms with van der Waals surface area (Å²) >= 11 is 0. The second-order valence-corrected chi connectivity index (χ2v) is 7.22. The fraction of sp³-hybridized carbons (Fsp3) is 0.684. The molecule has 2 nitrogen and oxygen atoms in total. The van der Waals surface area contributed by atoms with Crippen LogP contribution in [0.5, 0.6) is 0 Å². The van der Waals surface area contributed by atoms with Gasteiger partial charge in [0.2, 0.25) is 0 Å². The topological polar surface area (TPSA) is 38.0 Å². The Morgan fingerprint density at radius 2 is 1.81 bits per heavy atom. The Hall–Kier alpha value is -0.860. The van der Waals surface area contributed by atoms with Gasteiger partial charge in [-0.25, -0.2) is 0 Å². The molecule has 1 aromatic carbocycles. The van der Waals surface area contributed by atoms with Gasteiger partial charge in [0.15, 0.2) is 0 Å². The molecule has 3 N–H and O–H groups in total. The van der Waals surface area contributed by atoms with Crippen LogP contribution in [0.2, 0.25) is 0 Å². The van der Waals surface area contributed by atoms with E-state index in [1.807, 2.05) is 0 Å². The van der Waals surface area contributed by atoms with Gasteiger partial charge in [0.25, 0.3) is 0 Å². The highest BCUT2D eigenvalue weighted by molar-refractivity contribution is 5.27. The molecule has 1 aliphatic rings. The van der Waals surface area contributed by atoms with Crippen LogP contribution in [0.15, 0.2) is 24.3 Å². The summed E-state index contributed by atoms with van der Waals surface area (Å²) < 4.78 is 0. The number of rotatable bonds is 8. The number of nitrogens with two attached hydrogens (primary N) is 1. The maximum Gasteiger partial charge on any atom is 0.0208 e. The summed E-state index contributed by atoms with van der Waals surface area (Å²) in [6.07, 6.45) is 7.99. The second-order valence-electron chi connectivity index (χ2n) is 7.22. The van der Waals surface area contributed by atoms with Crippen LogP contribution in [0.25, 0.3) is 0 Å². The van der Waals surface area contributed by atoms with Gasteiger partial charge < -0.3 is 11.1 Å². The van der Waals surface area contributed by atoms with Gasteiger partial charge >= 0.3 is 0 Å². The van der Waals surface area contributed by atoms with E-state index in [2.05, 4.69) is 43.4 Å². The Kier molecular flexibility index (Phi) is 6.25. The van der Waals surface area contributed by atoms with Gasteiger partial charge in [0.1, 0.15) is 0 Å². The lowest BCUT2D eigenvalue weighted by atomic mass is 9.78. The molecule has 0 unspecified atom stereocenters. The fourth-order valence-corrected chi connectivity index (χ4v) is 4.04. The van der Waals surface area contributed by atoms with Crippen molar-refractivity contribution >= 4 is 0 Å². The zero-order valence-corrected chi connectivity index (χ0v) is 13.8. The summed E-state index contributed by atoms with van der Waals surface area (Å²) in [4.78, 5) is 0. The van der Waals surface area contributed by atoms with Gasteiger partial charge in [-0.2, -0.15) is 0 Å². The van der Waals surface area contributed by atoms with E-state index in [0.29, 0.717) is 5.41 Å². The van der Waals surface area contributed by atoms with Gasteiger partial charge in [-0.15, -0.1) is 0 Å². The summed E-state index contributed by atoms with van der Waals surface area (Å²) in [7, 11) is 0. The van der Waals surface area contributed by atoms with Crippen LogP contribution >= 0.6 is 0 Å². The second kappa shape index (κ2) is 7.95. The highest BCUT2D eigenvalue weighted by Gasteiger charge is 2.33. The number of nitrogens with one attached hydrogen (secondary N) is 1. The average Bonchev–Trinajstić information content (AvgIpc) is 2.89. The van der Waals surface area contributed by atoms with E-state index in [4.69, 9.17) is 5.73 Å². The molecule has 2 rings (SSSR count). The molecular formula is C19H32N2. The zero-order chi connectivity index (χ0) is 15.1. The maximum absolute atomic E-state index is 5.71. The van der Waals surface area contributed by atoms with Gasteiger partial charge in [-0.1, -0.05) is 51.0 Å². The summed E-state index contributed by atoms with van der Waals surface area (Å²) in [6.45, 7) is 7.60. The largest absolute Gasteiger partial charge is 0.330 e. The van der Waals surface area contributed by atoms with Crippen LogP contribution in [0.4, 0.5) is 0 Å². The average molecular weight is 288 g/mol. The Labute approximate surface area is 130 Å². The number of hydrogen-bond acceptors (Lipinski definition) is 2. The first-order valence-corrected chi connectivity index (χ1v) is 8.63. The molecular weight excluding hydrogens is 256 g/mol. The van der Waals surface area contributed by atoms with Gasteiger partial charge in [0.05, 0.1) is 0 Å². The normalized spacial score (nSPS) is 17.5. The molecule has 118 valence electrons. The summed E-state index contributed by atoms with van der Waals surface area (Å²) in [5.74, 6) is 0.800. The molecule has 1 fully saturated rings. The molecule has 0 spiro atoms. The van der Waals surface area contributed by atoms with E-state index in [9.17, 15) is 0 Å².